The van der Waals surface area contributed by atoms with Crippen molar-refractivity contribution in [3.8, 4) is 10.6 Å². The van der Waals surface area contributed by atoms with Gasteiger partial charge in [-0.25, -0.2) is 9.78 Å². The number of fused-ring (bicyclic) bond motifs is 2. The van der Waals surface area contributed by atoms with E-state index in [0.717, 1.165) is 20.8 Å². The van der Waals surface area contributed by atoms with Crippen molar-refractivity contribution in [2.45, 2.75) is 0 Å². The van der Waals surface area contributed by atoms with E-state index in [1.165, 1.54) is 6.07 Å². The fourth-order valence-corrected chi connectivity index (χ4v) is 4.45. The molecule has 0 aliphatic carbocycles. The van der Waals surface area contributed by atoms with E-state index in [0.29, 0.717) is 16.7 Å². The number of carbonyl (C=O) groups excluding carboxylic acids is 1. The van der Waals surface area contributed by atoms with Crippen molar-refractivity contribution >= 4 is 61.4 Å². The zero-order valence-electron chi connectivity index (χ0n) is 16.5. The van der Waals surface area contributed by atoms with Crippen molar-refractivity contribution in [1.82, 2.24) is 10.3 Å². The average Bonchev–Trinajstić information content (AvgIpc) is 3.23. The van der Waals surface area contributed by atoms with E-state index in [4.69, 9.17) is 16.6 Å². The lowest BCUT2D eigenvalue weighted by Gasteiger charge is -2.10. The molecule has 0 bridgehead atoms. The second-order valence-electron chi connectivity index (χ2n) is 6.96. The Balaban J connectivity index is 1.33. The van der Waals surface area contributed by atoms with Crippen molar-refractivity contribution < 1.29 is 9.21 Å². The summed E-state index contributed by atoms with van der Waals surface area (Å²) in [6.07, 6.45) is 0. The number of benzene rings is 3. The molecule has 0 fully saturated rings. The maximum atomic E-state index is 12.6. The van der Waals surface area contributed by atoms with Gasteiger partial charge in [-0.05, 0) is 48.6 Å². The Morgan fingerprint density at radius 3 is 2.66 bits per heavy atom. The normalized spacial score (nSPS) is 10.9. The van der Waals surface area contributed by atoms with Gasteiger partial charge in [0, 0.05) is 16.6 Å². The van der Waals surface area contributed by atoms with Crippen LogP contribution < -0.4 is 16.3 Å². The lowest BCUT2D eigenvalue weighted by molar-refractivity contribution is 0.0974. The van der Waals surface area contributed by atoms with Crippen molar-refractivity contribution in [2.24, 2.45) is 0 Å². The van der Waals surface area contributed by atoms with Crippen molar-refractivity contribution in [1.29, 1.82) is 0 Å². The molecule has 6 nitrogen and oxygen atoms in total. The molecule has 5 aromatic rings. The summed E-state index contributed by atoms with van der Waals surface area (Å²) in [5, 5.41) is 7.14. The Labute approximate surface area is 191 Å². The lowest BCUT2D eigenvalue weighted by atomic mass is 10.2. The molecule has 5 rings (SSSR count). The number of carbonyl (C=O) groups is 1. The third-order valence-electron chi connectivity index (χ3n) is 4.77. The first kappa shape index (κ1) is 20.0. The van der Waals surface area contributed by atoms with Crippen LogP contribution in [0.25, 0.3) is 31.8 Å². The Kier molecular flexibility index (Phi) is 5.22. The van der Waals surface area contributed by atoms with E-state index in [2.05, 4.69) is 15.6 Å². The second kappa shape index (κ2) is 8.33. The van der Waals surface area contributed by atoms with E-state index in [1.54, 1.807) is 35.6 Å². The molecule has 0 aliphatic heterocycles. The van der Waals surface area contributed by atoms with Gasteiger partial charge in [-0.15, -0.1) is 11.3 Å². The summed E-state index contributed by atoms with van der Waals surface area (Å²) in [6.45, 7) is 0. The van der Waals surface area contributed by atoms with Crippen LogP contribution >= 0.6 is 23.6 Å². The number of rotatable bonds is 3. The number of thiazole rings is 1. The summed E-state index contributed by atoms with van der Waals surface area (Å²) in [6, 6.07) is 24.0. The first-order valence-electron chi connectivity index (χ1n) is 9.68. The molecule has 8 heteroatoms. The molecule has 0 radical (unpaired) electrons. The van der Waals surface area contributed by atoms with Crippen LogP contribution in [-0.2, 0) is 0 Å². The number of nitrogens with one attached hydrogen (secondary N) is 2. The molecular formula is C24H15N3O3S2. The summed E-state index contributed by atoms with van der Waals surface area (Å²) >= 11 is 6.88. The predicted molar refractivity (Wildman–Crippen MR) is 131 cm³/mol. The van der Waals surface area contributed by atoms with Crippen molar-refractivity contribution in [3.63, 3.8) is 0 Å². The maximum Gasteiger partial charge on any atom is 0.349 e. The van der Waals surface area contributed by atoms with Gasteiger partial charge in [-0.3, -0.25) is 10.1 Å². The van der Waals surface area contributed by atoms with Gasteiger partial charge in [-0.1, -0.05) is 42.5 Å². The smallest absolute Gasteiger partial charge is 0.349 e. The third-order valence-corrected chi connectivity index (χ3v) is 6.06. The minimum atomic E-state index is -0.721. The van der Waals surface area contributed by atoms with E-state index in [9.17, 15) is 9.59 Å². The molecule has 3 aromatic carbocycles. The molecule has 0 unspecified atom stereocenters. The summed E-state index contributed by atoms with van der Waals surface area (Å²) < 4.78 is 6.33. The zero-order chi connectivity index (χ0) is 22.1. The number of hydrogen-bond acceptors (Lipinski definition) is 6. The van der Waals surface area contributed by atoms with Crippen LogP contribution in [0.2, 0.25) is 0 Å². The number of anilines is 1. The molecule has 2 N–H and O–H groups in total. The fourth-order valence-electron chi connectivity index (χ4n) is 3.28. The van der Waals surface area contributed by atoms with Crippen LogP contribution in [0.1, 0.15) is 10.4 Å². The minimum Gasteiger partial charge on any atom is -0.422 e. The van der Waals surface area contributed by atoms with Crippen LogP contribution in [0.15, 0.2) is 88.1 Å². The van der Waals surface area contributed by atoms with E-state index in [-0.39, 0.29) is 10.7 Å². The zero-order valence-corrected chi connectivity index (χ0v) is 18.1. The van der Waals surface area contributed by atoms with Gasteiger partial charge in [0.1, 0.15) is 16.2 Å². The van der Waals surface area contributed by atoms with Gasteiger partial charge in [0.25, 0.3) is 5.91 Å². The highest BCUT2D eigenvalue weighted by Gasteiger charge is 2.15. The Morgan fingerprint density at radius 2 is 1.78 bits per heavy atom. The number of para-hydroxylation sites is 2. The maximum absolute atomic E-state index is 12.6. The van der Waals surface area contributed by atoms with E-state index >= 15 is 0 Å². The highest BCUT2D eigenvalue weighted by atomic mass is 32.1. The van der Waals surface area contributed by atoms with Crippen LogP contribution in [0, 0.1) is 0 Å². The second-order valence-corrected chi connectivity index (χ2v) is 8.40. The van der Waals surface area contributed by atoms with Crippen LogP contribution in [0.5, 0.6) is 0 Å². The molecule has 32 heavy (non-hydrogen) atoms. The summed E-state index contributed by atoms with van der Waals surface area (Å²) in [4.78, 5) is 29.5. The molecule has 0 atom stereocenters. The van der Waals surface area contributed by atoms with Gasteiger partial charge >= 0.3 is 5.63 Å². The van der Waals surface area contributed by atoms with Crippen LogP contribution in [0.3, 0.4) is 0 Å². The topological polar surface area (TPSA) is 84.2 Å². The van der Waals surface area contributed by atoms with E-state index < -0.39 is 11.5 Å². The summed E-state index contributed by atoms with van der Waals surface area (Å²) in [5.74, 6) is -0.635. The monoisotopic (exact) mass is 457 g/mol. The van der Waals surface area contributed by atoms with Gasteiger partial charge in [-0.2, -0.15) is 0 Å². The number of nitrogens with zero attached hydrogens (tertiary/aromatic N) is 1. The molecule has 1 amide bonds. The molecular weight excluding hydrogens is 442 g/mol. The van der Waals surface area contributed by atoms with Gasteiger partial charge < -0.3 is 9.73 Å². The summed E-state index contributed by atoms with van der Waals surface area (Å²) in [7, 11) is 0. The number of hydrogen-bond donors (Lipinski definition) is 2. The Morgan fingerprint density at radius 1 is 0.969 bits per heavy atom. The largest absolute Gasteiger partial charge is 0.422 e. The highest BCUT2D eigenvalue weighted by molar-refractivity contribution is 7.80. The highest BCUT2D eigenvalue weighted by Crippen LogP contribution is 2.31. The summed E-state index contributed by atoms with van der Waals surface area (Å²) in [5.41, 5.74) is 2.15. The molecule has 0 saturated carbocycles. The Bertz CT molecular complexity index is 1520. The standard InChI is InChI=1S/C24H15N3O3S2/c28-21(17-13-14-6-1-3-10-19(14)30-23(17)29)27-24(31)25-16-8-5-7-15(12-16)22-26-18-9-2-4-11-20(18)32-22/h1-13H,(H2,25,27,28,31). The number of aromatic nitrogens is 1. The van der Waals surface area contributed by atoms with Crippen molar-refractivity contribution in [2.75, 3.05) is 5.32 Å². The van der Waals surface area contributed by atoms with Crippen LogP contribution in [-0.4, -0.2) is 16.0 Å². The molecule has 2 heterocycles. The average molecular weight is 458 g/mol. The van der Waals surface area contributed by atoms with E-state index in [1.807, 2.05) is 48.5 Å². The molecule has 0 saturated heterocycles. The molecule has 2 aromatic heterocycles. The SMILES string of the molecule is O=C(NC(=S)Nc1cccc(-c2nc3ccccc3s2)c1)c1cc2ccccc2oc1=O. The first-order valence-corrected chi connectivity index (χ1v) is 10.9. The van der Waals surface area contributed by atoms with Crippen LogP contribution in [0.4, 0.5) is 5.69 Å². The first-order chi connectivity index (χ1) is 15.6. The quantitative estimate of drug-likeness (QED) is 0.286. The third kappa shape index (κ3) is 4.01. The number of amides is 1. The van der Waals surface area contributed by atoms with Gasteiger partial charge in [0.2, 0.25) is 0 Å². The molecule has 0 aliphatic rings. The molecule has 156 valence electrons. The number of thiocarbonyl (C=S) groups is 1. The Hall–Kier alpha value is -3.88. The van der Waals surface area contributed by atoms with Gasteiger partial charge in [0.05, 0.1) is 10.2 Å². The minimum absolute atomic E-state index is 0.0732. The molecule has 0 spiro atoms. The predicted octanol–water partition coefficient (Wildman–Crippen LogP) is 5.20. The van der Waals surface area contributed by atoms with Gasteiger partial charge in [0.15, 0.2) is 5.11 Å². The fraction of sp³-hybridized carbons (Fsp3) is 0. The van der Waals surface area contributed by atoms with Crippen molar-refractivity contribution in [3.05, 3.63) is 94.8 Å². The lowest BCUT2D eigenvalue weighted by Crippen LogP contribution is -2.36.